The van der Waals surface area contributed by atoms with Gasteiger partial charge < -0.3 is 9.31 Å². The van der Waals surface area contributed by atoms with E-state index in [-0.39, 0.29) is 11.2 Å². The molecule has 0 amide bonds. The Morgan fingerprint density at radius 3 is 1.69 bits per heavy atom. The van der Waals surface area contributed by atoms with Crippen LogP contribution in [-0.4, -0.2) is 23.3 Å². The van der Waals surface area contributed by atoms with E-state index in [0.29, 0.717) is 0 Å². The van der Waals surface area contributed by atoms with Gasteiger partial charge in [0.2, 0.25) is 0 Å². The monoisotopic (exact) mass is 509 g/mol. The van der Waals surface area contributed by atoms with Crippen LogP contribution in [-0.2, 0) is 9.31 Å². The van der Waals surface area contributed by atoms with E-state index in [1.165, 1.54) is 5.56 Å². The minimum Gasteiger partial charge on any atom is -0.399 e. The van der Waals surface area contributed by atoms with Crippen molar-refractivity contribution < 1.29 is 9.31 Å². The lowest BCUT2D eigenvalue weighted by Crippen LogP contribution is -2.41. The average molecular weight is 509 g/mol. The molecular formula is C35H32BNO2. The topological polar surface area (TPSA) is 31.4 Å². The SMILES string of the molecule is CC1(C)OB(c2cccc(-c3cc(-c4ccccc4)nc(-c4ccccc4-c4ccccc4)c3)c2)OC1(C)C. The summed E-state index contributed by atoms with van der Waals surface area (Å²) in [5.74, 6) is 0. The molecule has 4 heteroatoms. The van der Waals surface area contributed by atoms with E-state index < -0.39 is 7.12 Å². The lowest BCUT2D eigenvalue weighted by molar-refractivity contribution is 0.00578. The number of rotatable bonds is 5. The number of aromatic nitrogens is 1. The number of nitrogens with zero attached hydrogens (tertiary/aromatic N) is 1. The Bertz CT molecular complexity index is 1600. The van der Waals surface area contributed by atoms with Crippen LogP contribution in [0.2, 0.25) is 0 Å². The second-order valence-electron chi connectivity index (χ2n) is 11.1. The molecule has 3 nitrogen and oxygen atoms in total. The van der Waals surface area contributed by atoms with Gasteiger partial charge in [-0.3, -0.25) is 0 Å². The van der Waals surface area contributed by atoms with Crippen LogP contribution in [0, 0.1) is 0 Å². The molecule has 0 bridgehead atoms. The summed E-state index contributed by atoms with van der Waals surface area (Å²) in [6, 6.07) is 42.2. The molecule has 1 fully saturated rings. The van der Waals surface area contributed by atoms with Gasteiger partial charge >= 0.3 is 7.12 Å². The molecule has 1 saturated heterocycles. The zero-order valence-electron chi connectivity index (χ0n) is 22.9. The van der Waals surface area contributed by atoms with Crippen molar-refractivity contribution in [3.63, 3.8) is 0 Å². The largest absolute Gasteiger partial charge is 0.494 e. The highest BCUT2D eigenvalue weighted by Crippen LogP contribution is 2.38. The van der Waals surface area contributed by atoms with Crippen LogP contribution < -0.4 is 5.46 Å². The van der Waals surface area contributed by atoms with Crippen LogP contribution in [0.1, 0.15) is 27.7 Å². The molecule has 0 radical (unpaired) electrons. The smallest absolute Gasteiger partial charge is 0.399 e. The fourth-order valence-corrected chi connectivity index (χ4v) is 5.01. The molecule has 0 spiro atoms. The van der Waals surface area contributed by atoms with Gasteiger partial charge in [0.15, 0.2) is 0 Å². The molecule has 1 aliphatic heterocycles. The fraction of sp³-hybridized carbons (Fsp3) is 0.171. The Morgan fingerprint density at radius 2 is 1.03 bits per heavy atom. The molecule has 0 unspecified atom stereocenters. The molecule has 0 atom stereocenters. The summed E-state index contributed by atoms with van der Waals surface area (Å²) < 4.78 is 12.7. The second kappa shape index (κ2) is 9.96. The first-order valence-electron chi connectivity index (χ1n) is 13.5. The van der Waals surface area contributed by atoms with E-state index in [0.717, 1.165) is 44.7 Å². The maximum Gasteiger partial charge on any atom is 0.494 e. The Hall–Kier alpha value is -3.99. The van der Waals surface area contributed by atoms with Gasteiger partial charge in [-0.1, -0.05) is 109 Å². The van der Waals surface area contributed by atoms with Crippen molar-refractivity contribution in [3.05, 3.63) is 121 Å². The number of pyridine rings is 1. The molecule has 1 aliphatic rings. The van der Waals surface area contributed by atoms with Gasteiger partial charge in [-0.2, -0.15) is 0 Å². The lowest BCUT2D eigenvalue weighted by Gasteiger charge is -2.32. The van der Waals surface area contributed by atoms with Crippen molar-refractivity contribution in [1.29, 1.82) is 0 Å². The normalized spacial score (nSPS) is 15.8. The van der Waals surface area contributed by atoms with Gasteiger partial charge in [-0.25, -0.2) is 4.98 Å². The molecular weight excluding hydrogens is 477 g/mol. The third kappa shape index (κ3) is 4.94. The minimum absolute atomic E-state index is 0.390. The molecule has 2 heterocycles. The first-order chi connectivity index (χ1) is 18.8. The molecule has 192 valence electrons. The van der Waals surface area contributed by atoms with E-state index in [1.807, 2.05) is 12.1 Å². The predicted molar refractivity (Wildman–Crippen MR) is 162 cm³/mol. The molecule has 1 aromatic heterocycles. The van der Waals surface area contributed by atoms with Crippen molar-refractivity contribution in [3.8, 4) is 44.8 Å². The van der Waals surface area contributed by atoms with E-state index in [2.05, 4.69) is 137 Å². The van der Waals surface area contributed by atoms with Crippen molar-refractivity contribution in [2.24, 2.45) is 0 Å². The zero-order valence-corrected chi connectivity index (χ0v) is 22.9. The number of hydrogen-bond acceptors (Lipinski definition) is 3. The van der Waals surface area contributed by atoms with Crippen LogP contribution in [0.15, 0.2) is 121 Å². The highest BCUT2D eigenvalue weighted by molar-refractivity contribution is 6.62. The molecule has 6 rings (SSSR count). The van der Waals surface area contributed by atoms with Crippen LogP contribution in [0.25, 0.3) is 44.8 Å². The maximum atomic E-state index is 6.36. The Kier molecular flexibility index (Phi) is 6.46. The lowest BCUT2D eigenvalue weighted by atomic mass is 9.78. The summed E-state index contributed by atoms with van der Waals surface area (Å²) in [6.07, 6.45) is 0. The summed E-state index contributed by atoms with van der Waals surface area (Å²) in [5.41, 5.74) is 8.81. The Morgan fingerprint density at radius 1 is 0.487 bits per heavy atom. The van der Waals surface area contributed by atoms with Crippen LogP contribution >= 0.6 is 0 Å². The van der Waals surface area contributed by atoms with E-state index in [4.69, 9.17) is 14.3 Å². The summed E-state index contributed by atoms with van der Waals surface area (Å²) in [6.45, 7) is 8.34. The molecule has 4 aromatic carbocycles. The summed E-state index contributed by atoms with van der Waals surface area (Å²) in [7, 11) is -0.413. The minimum atomic E-state index is -0.413. The van der Waals surface area contributed by atoms with E-state index >= 15 is 0 Å². The van der Waals surface area contributed by atoms with E-state index in [1.54, 1.807) is 0 Å². The maximum absolute atomic E-state index is 6.36. The average Bonchev–Trinajstić information content (AvgIpc) is 3.20. The summed E-state index contributed by atoms with van der Waals surface area (Å²) in [5, 5.41) is 0. The van der Waals surface area contributed by atoms with Gasteiger partial charge in [0.25, 0.3) is 0 Å². The van der Waals surface area contributed by atoms with Gasteiger partial charge in [0.1, 0.15) is 0 Å². The van der Waals surface area contributed by atoms with Crippen LogP contribution in [0.3, 0.4) is 0 Å². The highest BCUT2D eigenvalue weighted by atomic mass is 16.7. The number of hydrogen-bond donors (Lipinski definition) is 0. The highest BCUT2D eigenvalue weighted by Gasteiger charge is 2.51. The first-order valence-corrected chi connectivity index (χ1v) is 13.5. The Balaban J connectivity index is 1.48. The van der Waals surface area contributed by atoms with Crippen molar-refractivity contribution in [2.45, 2.75) is 38.9 Å². The van der Waals surface area contributed by atoms with Crippen molar-refractivity contribution >= 4 is 12.6 Å². The van der Waals surface area contributed by atoms with Gasteiger partial charge in [0, 0.05) is 11.1 Å². The molecule has 0 aliphatic carbocycles. The summed E-state index contributed by atoms with van der Waals surface area (Å²) in [4.78, 5) is 5.17. The van der Waals surface area contributed by atoms with Gasteiger partial charge in [-0.15, -0.1) is 0 Å². The molecule has 0 N–H and O–H groups in total. The van der Waals surface area contributed by atoms with Gasteiger partial charge in [-0.05, 0) is 67.5 Å². The van der Waals surface area contributed by atoms with Crippen LogP contribution in [0.5, 0.6) is 0 Å². The first kappa shape index (κ1) is 25.3. The fourth-order valence-electron chi connectivity index (χ4n) is 5.01. The predicted octanol–water partition coefficient (Wildman–Crippen LogP) is 8.05. The van der Waals surface area contributed by atoms with Crippen molar-refractivity contribution in [1.82, 2.24) is 4.98 Å². The molecule has 39 heavy (non-hydrogen) atoms. The van der Waals surface area contributed by atoms with Gasteiger partial charge in [0.05, 0.1) is 22.6 Å². The van der Waals surface area contributed by atoms with E-state index in [9.17, 15) is 0 Å². The molecule has 0 saturated carbocycles. The third-order valence-electron chi connectivity index (χ3n) is 7.93. The summed E-state index contributed by atoms with van der Waals surface area (Å²) >= 11 is 0. The standard InChI is InChI=1S/C35H32BNO2/c1-34(2)35(3,4)39-36(38-34)29-19-13-18-27(22-29)28-23-32(26-16-9-6-10-17-26)37-33(24-28)31-21-12-11-20-30(31)25-14-7-5-8-15-25/h5-24H,1-4H3. The zero-order chi connectivity index (χ0) is 27.0. The number of benzene rings is 4. The third-order valence-corrected chi connectivity index (χ3v) is 7.93. The van der Waals surface area contributed by atoms with Crippen LogP contribution in [0.4, 0.5) is 0 Å². The van der Waals surface area contributed by atoms with Crippen molar-refractivity contribution in [2.75, 3.05) is 0 Å². The quantitative estimate of drug-likeness (QED) is 0.225. The Labute approximate surface area is 231 Å². The second-order valence-corrected chi connectivity index (χ2v) is 11.1. The molecule has 5 aromatic rings.